The average molecular weight is 221 g/mol. The number of aromatic carboxylic acids is 1. The van der Waals surface area contributed by atoms with Gasteiger partial charge in [-0.25, -0.2) is 9.78 Å². The molecule has 0 radical (unpaired) electrons. The quantitative estimate of drug-likeness (QED) is 0.860. The first-order chi connectivity index (χ1) is 7.63. The maximum absolute atomic E-state index is 11.0. The molecule has 2 rings (SSSR count). The summed E-state index contributed by atoms with van der Waals surface area (Å²) in [6.07, 6.45) is -0.297. The van der Waals surface area contributed by atoms with Crippen molar-refractivity contribution in [1.82, 2.24) is 4.98 Å². The van der Waals surface area contributed by atoms with E-state index in [-0.39, 0.29) is 11.7 Å². The zero-order chi connectivity index (χ0) is 11.7. The molecule has 2 aromatic rings. The van der Waals surface area contributed by atoms with Crippen molar-refractivity contribution in [2.75, 3.05) is 7.11 Å². The highest BCUT2D eigenvalue weighted by Crippen LogP contribution is 2.24. The van der Waals surface area contributed by atoms with Gasteiger partial charge in [0.25, 0.3) is 0 Å². The second kappa shape index (κ2) is 3.94. The molecule has 0 spiro atoms. The van der Waals surface area contributed by atoms with Gasteiger partial charge in [0.1, 0.15) is 11.6 Å². The van der Waals surface area contributed by atoms with E-state index in [9.17, 15) is 4.79 Å². The molecule has 0 fully saturated rings. The zero-order valence-electron chi connectivity index (χ0n) is 8.93. The highest BCUT2D eigenvalue weighted by Gasteiger charge is 2.17. The molecular weight excluding hydrogens is 210 g/mol. The van der Waals surface area contributed by atoms with Crippen LogP contribution in [-0.2, 0) is 4.74 Å². The second-order valence-corrected chi connectivity index (χ2v) is 3.39. The van der Waals surface area contributed by atoms with Crippen LogP contribution in [0.25, 0.3) is 11.1 Å². The van der Waals surface area contributed by atoms with Crippen molar-refractivity contribution >= 4 is 17.1 Å². The van der Waals surface area contributed by atoms with Gasteiger partial charge in [-0.15, -0.1) is 0 Å². The fraction of sp³-hybridized carbons (Fsp3) is 0.273. The van der Waals surface area contributed by atoms with Gasteiger partial charge in [-0.1, -0.05) is 6.07 Å². The molecule has 1 unspecified atom stereocenters. The molecule has 0 aliphatic rings. The number of fused-ring (bicyclic) bond motifs is 1. The molecule has 5 heteroatoms. The molecule has 1 N–H and O–H groups in total. The number of hydrogen-bond donors (Lipinski definition) is 1. The lowest BCUT2D eigenvalue weighted by Gasteiger charge is -2.01. The molecule has 0 aliphatic carbocycles. The molecule has 0 aliphatic heterocycles. The van der Waals surface area contributed by atoms with Crippen molar-refractivity contribution in [3.8, 4) is 0 Å². The number of methoxy groups -OCH3 is 1. The van der Waals surface area contributed by atoms with Gasteiger partial charge >= 0.3 is 5.97 Å². The van der Waals surface area contributed by atoms with Gasteiger partial charge in [0, 0.05) is 7.11 Å². The zero-order valence-corrected chi connectivity index (χ0v) is 8.93. The van der Waals surface area contributed by atoms with E-state index in [1.165, 1.54) is 13.2 Å². The highest BCUT2D eigenvalue weighted by atomic mass is 16.5. The Labute approximate surface area is 91.7 Å². The van der Waals surface area contributed by atoms with E-state index in [0.717, 1.165) is 0 Å². The van der Waals surface area contributed by atoms with Gasteiger partial charge in [-0.2, -0.15) is 0 Å². The van der Waals surface area contributed by atoms with Crippen LogP contribution >= 0.6 is 0 Å². The molecule has 0 saturated carbocycles. The first kappa shape index (κ1) is 10.6. The summed E-state index contributed by atoms with van der Waals surface area (Å²) in [7, 11) is 1.54. The van der Waals surface area contributed by atoms with E-state index >= 15 is 0 Å². The van der Waals surface area contributed by atoms with Gasteiger partial charge in [-0.05, 0) is 19.1 Å². The lowest BCUT2D eigenvalue weighted by Crippen LogP contribution is -1.98. The molecule has 1 aromatic carbocycles. The van der Waals surface area contributed by atoms with Gasteiger partial charge < -0.3 is 14.3 Å². The molecule has 84 valence electrons. The summed E-state index contributed by atoms with van der Waals surface area (Å²) >= 11 is 0. The van der Waals surface area contributed by atoms with Gasteiger partial charge in [0.2, 0.25) is 5.89 Å². The van der Waals surface area contributed by atoms with Crippen LogP contribution in [0.3, 0.4) is 0 Å². The fourth-order valence-electron chi connectivity index (χ4n) is 1.41. The Balaban J connectivity index is 2.61. The Morgan fingerprint density at radius 3 is 2.94 bits per heavy atom. The average Bonchev–Trinajstić information content (AvgIpc) is 2.70. The Morgan fingerprint density at radius 2 is 2.31 bits per heavy atom. The first-order valence-electron chi connectivity index (χ1n) is 4.79. The van der Waals surface area contributed by atoms with Crippen molar-refractivity contribution in [1.29, 1.82) is 0 Å². The molecule has 0 bridgehead atoms. The predicted molar refractivity (Wildman–Crippen MR) is 56.4 cm³/mol. The minimum atomic E-state index is -1.02. The summed E-state index contributed by atoms with van der Waals surface area (Å²) in [5.74, 6) is -0.637. The molecule has 0 amide bonds. The van der Waals surface area contributed by atoms with Crippen LogP contribution in [-0.4, -0.2) is 23.2 Å². The van der Waals surface area contributed by atoms with Gasteiger partial charge in [-0.3, -0.25) is 0 Å². The summed E-state index contributed by atoms with van der Waals surface area (Å²) in [5, 5.41) is 8.97. The number of aromatic nitrogens is 1. The number of rotatable bonds is 3. The number of oxazole rings is 1. The first-order valence-corrected chi connectivity index (χ1v) is 4.79. The molecule has 0 saturated heterocycles. The Kier molecular flexibility index (Phi) is 2.62. The number of hydrogen-bond acceptors (Lipinski definition) is 4. The minimum absolute atomic E-state index is 0.135. The number of carbonyl (C=O) groups is 1. The van der Waals surface area contributed by atoms with Crippen LogP contribution in [0.1, 0.15) is 29.3 Å². The number of ether oxygens (including phenoxy) is 1. The largest absolute Gasteiger partial charge is 0.478 e. The van der Waals surface area contributed by atoms with Crippen LogP contribution in [0.15, 0.2) is 22.6 Å². The van der Waals surface area contributed by atoms with Gasteiger partial charge in [0.15, 0.2) is 5.58 Å². The third-order valence-electron chi connectivity index (χ3n) is 2.37. The molecular formula is C11H11NO4. The lowest BCUT2D eigenvalue weighted by molar-refractivity contribution is 0.0698. The molecule has 5 nitrogen and oxygen atoms in total. The molecule has 16 heavy (non-hydrogen) atoms. The monoisotopic (exact) mass is 221 g/mol. The van der Waals surface area contributed by atoms with Crippen molar-refractivity contribution in [2.24, 2.45) is 0 Å². The number of para-hydroxylation sites is 1. The van der Waals surface area contributed by atoms with Crippen LogP contribution in [0.5, 0.6) is 0 Å². The SMILES string of the molecule is COC(C)c1nc2c(C(=O)O)cccc2o1. The van der Waals surface area contributed by atoms with E-state index in [0.29, 0.717) is 17.0 Å². The standard InChI is InChI=1S/C11H11NO4/c1-6(15-2)10-12-9-7(11(13)14)4-3-5-8(9)16-10/h3-6H,1-2H3,(H,13,14). The summed E-state index contributed by atoms with van der Waals surface area (Å²) in [6, 6.07) is 4.80. The number of carboxylic acids is 1. The minimum Gasteiger partial charge on any atom is -0.478 e. The lowest BCUT2D eigenvalue weighted by atomic mass is 10.2. The predicted octanol–water partition coefficient (Wildman–Crippen LogP) is 2.23. The van der Waals surface area contributed by atoms with Gasteiger partial charge in [0.05, 0.1) is 5.56 Å². The van der Waals surface area contributed by atoms with Crippen LogP contribution in [0, 0.1) is 0 Å². The summed E-state index contributed by atoms with van der Waals surface area (Å²) in [6.45, 7) is 1.78. The van der Waals surface area contributed by atoms with Crippen molar-refractivity contribution in [2.45, 2.75) is 13.0 Å². The van der Waals surface area contributed by atoms with Crippen LogP contribution < -0.4 is 0 Å². The number of benzene rings is 1. The summed E-state index contributed by atoms with van der Waals surface area (Å²) < 4.78 is 10.5. The normalized spacial score (nSPS) is 12.9. The van der Waals surface area contributed by atoms with E-state index in [4.69, 9.17) is 14.3 Å². The van der Waals surface area contributed by atoms with Crippen molar-refractivity contribution in [3.05, 3.63) is 29.7 Å². The molecule has 1 atom stereocenters. The summed E-state index contributed by atoms with van der Waals surface area (Å²) in [5.41, 5.74) is 0.948. The third kappa shape index (κ3) is 1.65. The highest BCUT2D eigenvalue weighted by molar-refractivity contribution is 6.00. The maximum atomic E-state index is 11.0. The topological polar surface area (TPSA) is 72.6 Å². The van der Waals surface area contributed by atoms with E-state index < -0.39 is 5.97 Å². The van der Waals surface area contributed by atoms with Crippen LogP contribution in [0.4, 0.5) is 0 Å². The van der Waals surface area contributed by atoms with Crippen molar-refractivity contribution in [3.63, 3.8) is 0 Å². The second-order valence-electron chi connectivity index (χ2n) is 3.39. The molecule has 1 aromatic heterocycles. The third-order valence-corrected chi connectivity index (χ3v) is 2.37. The van der Waals surface area contributed by atoms with E-state index in [1.807, 2.05) is 0 Å². The number of carboxylic acid groups (broad SMARTS) is 1. The van der Waals surface area contributed by atoms with Crippen molar-refractivity contribution < 1.29 is 19.1 Å². The number of nitrogens with zero attached hydrogens (tertiary/aromatic N) is 1. The summed E-state index contributed by atoms with van der Waals surface area (Å²) in [4.78, 5) is 15.1. The maximum Gasteiger partial charge on any atom is 0.338 e. The molecule has 1 heterocycles. The Bertz CT molecular complexity index is 532. The van der Waals surface area contributed by atoms with E-state index in [1.54, 1.807) is 19.1 Å². The Morgan fingerprint density at radius 1 is 1.56 bits per heavy atom. The fourth-order valence-corrected chi connectivity index (χ4v) is 1.41. The van der Waals surface area contributed by atoms with E-state index in [2.05, 4.69) is 4.98 Å². The smallest absolute Gasteiger partial charge is 0.338 e. The van der Waals surface area contributed by atoms with Crippen LogP contribution in [0.2, 0.25) is 0 Å². The Hall–Kier alpha value is -1.88.